The fourth-order valence-corrected chi connectivity index (χ4v) is 5.18. The summed E-state index contributed by atoms with van der Waals surface area (Å²) in [6, 6.07) is 9.06. The van der Waals surface area contributed by atoms with E-state index in [0.717, 1.165) is 11.6 Å². The number of hydrogen-bond acceptors (Lipinski definition) is 6. The van der Waals surface area contributed by atoms with E-state index < -0.39 is 28.3 Å². The van der Waals surface area contributed by atoms with Crippen molar-refractivity contribution in [2.45, 2.75) is 25.9 Å². The van der Waals surface area contributed by atoms with Crippen molar-refractivity contribution in [1.82, 2.24) is 15.1 Å². The number of sulfone groups is 1. The molecule has 1 aromatic carbocycles. The second-order valence-electron chi connectivity index (χ2n) is 6.99. The smallest absolute Gasteiger partial charge is 0.331 e. The van der Waals surface area contributed by atoms with Crippen molar-refractivity contribution in [1.29, 1.82) is 0 Å². The average molecular weight is 452 g/mol. The molecular weight excluding hydrogens is 430 g/mol. The molecule has 2 heterocycles. The Balaban J connectivity index is 1.53. The average Bonchev–Trinajstić information content (AvgIpc) is 3.22. The van der Waals surface area contributed by atoms with Crippen LogP contribution in [0.25, 0.3) is 6.08 Å². The molecule has 1 atom stereocenters. The number of amides is 1. The van der Waals surface area contributed by atoms with Gasteiger partial charge in [-0.05, 0) is 25.0 Å². The monoisotopic (exact) mass is 451 g/mol. The number of carbonyl (C=O) groups excluding carboxylic acids is 2. The Kier molecular flexibility index (Phi) is 6.94. The first-order valence-electron chi connectivity index (χ1n) is 9.35. The van der Waals surface area contributed by atoms with Gasteiger partial charge in [0.15, 0.2) is 16.4 Å². The zero-order valence-electron chi connectivity index (χ0n) is 16.4. The summed E-state index contributed by atoms with van der Waals surface area (Å²) in [5.41, 5.74) is 2.01. The quantitative estimate of drug-likeness (QED) is 0.510. The number of halogens is 1. The zero-order chi connectivity index (χ0) is 21.7. The third-order valence-corrected chi connectivity index (χ3v) is 6.82. The predicted octanol–water partition coefficient (Wildman–Crippen LogP) is 2.08. The number of aryl methyl sites for hydroxylation is 1. The van der Waals surface area contributed by atoms with Crippen LogP contribution in [-0.4, -0.2) is 48.2 Å². The van der Waals surface area contributed by atoms with Gasteiger partial charge in [0.2, 0.25) is 0 Å². The summed E-state index contributed by atoms with van der Waals surface area (Å²) < 4.78 is 29.8. The molecule has 30 heavy (non-hydrogen) atoms. The fraction of sp³-hybridized carbons (Fsp3) is 0.350. The molecule has 0 bridgehead atoms. The number of aromatic nitrogens is 2. The Morgan fingerprint density at radius 3 is 2.73 bits per heavy atom. The first-order chi connectivity index (χ1) is 14.2. The molecule has 1 fully saturated rings. The van der Waals surface area contributed by atoms with E-state index in [0.29, 0.717) is 24.2 Å². The first kappa shape index (κ1) is 22.0. The van der Waals surface area contributed by atoms with Gasteiger partial charge in [0.25, 0.3) is 5.91 Å². The molecule has 8 nitrogen and oxygen atoms in total. The largest absolute Gasteiger partial charge is 0.452 e. The van der Waals surface area contributed by atoms with Crippen LogP contribution in [0.2, 0.25) is 5.15 Å². The van der Waals surface area contributed by atoms with E-state index in [2.05, 4.69) is 10.4 Å². The Morgan fingerprint density at radius 2 is 2.07 bits per heavy atom. The minimum absolute atomic E-state index is 0.00285. The molecule has 1 N–H and O–H groups in total. The Morgan fingerprint density at radius 1 is 1.33 bits per heavy atom. The number of nitrogens with one attached hydrogen (secondary N) is 1. The molecule has 1 aromatic heterocycles. The zero-order valence-corrected chi connectivity index (χ0v) is 17.9. The van der Waals surface area contributed by atoms with E-state index in [1.54, 1.807) is 6.92 Å². The van der Waals surface area contributed by atoms with Crippen molar-refractivity contribution in [3.05, 3.63) is 58.4 Å². The second kappa shape index (κ2) is 9.44. The van der Waals surface area contributed by atoms with Crippen LogP contribution in [-0.2, 0) is 30.7 Å². The number of benzene rings is 1. The number of carbonyl (C=O) groups is 2. The van der Waals surface area contributed by atoms with Crippen molar-refractivity contribution in [3.63, 3.8) is 0 Å². The van der Waals surface area contributed by atoms with E-state index in [1.807, 2.05) is 30.3 Å². The van der Waals surface area contributed by atoms with Gasteiger partial charge < -0.3 is 10.1 Å². The van der Waals surface area contributed by atoms with Crippen molar-refractivity contribution >= 4 is 39.4 Å². The molecule has 3 rings (SSSR count). The molecule has 0 radical (unpaired) electrons. The van der Waals surface area contributed by atoms with Gasteiger partial charge >= 0.3 is 5.97 Å². The van der Waals surface area contributed by atoms with Gasteiger partial charge in [-0.15, -0.1) is 0 Å². The Bertz CT molecular complexity index is 1060. The van der Waals surface area contributed by atoms with E-state index in [9.17, 15) is 18.0 Å². The highest BCUT2D eigenvalue weighted by Crippen LogP contribution is 2.30. The summed E-state index contributed by atoms with van der Waals surface area (Å²) >= 11 is 6.35. The first-order valence-corrected chi connectivity index (χ1v) is 11.6. The molecule has 1 saturated heterocycles. The maximum Gasteiger partial charge on any atom is 0.331 e. The van der Waals surface area contributed by atoms with Crippen molar-refractivity contribution in [3.8, 4) is 0 Å². The van der Waals surface area contributed by atoms with Crippen LogP contribution in [0.3, 0.4) is 0 Å². The van der Waals surface area contributed by atoms with Crippen molar-refractivity contribution in [2.75, 3.05) is 18.1 Å². The number of esters is 1. The lowest BCUT2D eigenvalue weighted by atomic mass is 10.2. The van der Waals surface area contributed by atoms with Crippen LogP contribution in [0.1, 0.15) is 29.3 Å². The summed E-state index contributed by atoms with van der Waals surface area (Å²) in [6.07, 6.45) is 3.07. The summed E-state index contributed by atoms with van der Waals surface area (Å²) in [5.74, 6) is -1.00. The summed E-state index contributed by atoms with van der Waals surface area (Å²) in [6.45, 7) is 1.66. The molecule has 0 saturated carbocycles. The SMILES string of the molecule is Cc1nn(C2CCS(=O)(=O)C2)c(Cl)c1C=CC(=O)OCC(=O)NCc1ccccc1. The van der Waals surface area contributed by atoms with Crippen molar-refractivity contribution in [2.24, 2.45) is 0 Å². The standard InChI is InChI=1S/C20H22ClN3O5S/c1-14-17(20(21)24(23-14)16-9-10-30(27,28)13-16)7-8-19(26)29-12-18(25)22-11-15-5-3-2-4-6-15/h2-8,16H,9-13H2,1H3,(H,22,25). The van der Waals surface area contributed by atoms with E-state index in [1.165, 1.54) is 10.8 Å². The lowest BCUT2D eigenvalue weighted by Crippen LogP contribution is -2.28. The molecule has 10 heteroatoms. The van der Waals surface area contributed by atoms with Crippen LogP contribution in [0, 0.1) is 6.92 Å². The van der Waals surface area contributed by atoms with Gasteiger partial charge in [-0.2, -0.15) is 5.10 Å². The third-order valence-electron chi connectivity index (χ3n) is 4.69. The van der Waals surface area contributed by atoms with Gasteiger partial charge in [0.05, 0.1) is 23.2 Å². The number of hydrogen-bond donors (Lipinski definition) is 1. The second-order valence-corrected chi connectivity index (χ2v) is 9.58. The van der Waals surface area contributed by atoms with Gasteiger partial charge in [0.1, 0.15) is 5.15 Å². The highest BCUT2D eigenvalue weighted by molar-refractivity contribution is 7.91. The van der Waals surface area contributed by atoms with Crippen LogP contribution >= 0.6 is 11.6 Å². The van der Waals surface area contributed by atoms with Crippen molar-refractivity contribution < 1.29 is 22.7 Å². The summed E-state index contributed by atoms with van der Waals surface area (Å²) in [7, 11) is -3.08. The van der Waals surface area contributed by atoms with E-state index in [4.69, 9.17) is 16.3 Å². The van der Waals surface area contributed by atoms with Gasteiger partial charge in [-0.3, -0.25) is 4.79 Å². The van der Waals surface area contributed by atoms with Gasteiger partial charge in [-0.1, -0.05) is 41.9 Å². The predicted molar refractivity (Wildman–Crippen MR) is 113 cm³/mol. The van der Waals surface area contributed by atoms with Crippen LogP contribution < -0.4 is 5.32 Å². The van der Waals surface area contributed by atoms with Gasteiger partial charge in [-0.25, -0.2) is 17.9 Å². The molecule has 1 unspecified atom stereocenters. The van der Waals surface area contributed by atoms with Crippen LogP contribution in [0.15, 0.2) is 36.4 Å². The maximum atomic E-state index is 11.9. The summed E-state index contributed by atoms with van der Waals surface area (Å²) in [5, 5.41) is 7.24. The minimum Gasteiger partial charge on any atom is -0.452 e. The normalized spacial score (nSPS) is 17.9. The number of nitrogens with zero attached hydrogens (tertiary/aromatic N) is 2. The lowest BCUT2D eigenvalue weighted by Gasteiger charge is -2.09. The van der Waals surface area contributed by atoms with E-state index >= 15 is 0 Å². The molecule has 1 amide bonds. The maximum absolute atomic E-state index is 11.9. The lowest BCUT2D eigenvalue weighted by molar-refractivity contribution is -0.143. The van der Waals surface area contributed by atoms with Gasteiger partial charge in [0, 0.05) is 18.2 Å². The van der Waals surface area contributed by atoms with E-state index in [-0.39, 0.29) is 22.7 Å². The molecule has 160 valence electrons. The molecule has 1 aliphatic rings. The highest BCUT2D eigenvalue weighted by atomic mass is 35.5. The third kappa shape index (κ3) is 5.70. The fourth-order valence-electron chi connectivity index (χ4n) is 3.12. The molecule has 0 spiro atoms. The Labute approximate surface area is 179 Å². The van der Waals surface area contributed by atoms with Crippen LogP contribution in [0.4, 0.5) is 0 Å². The molecule has 0 aliphatic carbocycles. The van der Waals surface area contributed by atoms with Crippen LogP contribution in [0.5, 0.6) is 0 Å². The summed E-state index contributed by atoms with van der Waals surface area (Å²) in [4.78, 5) is 23.7. The Hall–Kier alpha value is -2.65. The molecular formula is C20H22ClN3O5S. The topological polar surface area (TPSA) is 107 Å². The number of rotatable bonds is 7. The minimum atomic E-state index is -3.08. The highest BCUT2D eigenvalue weighted by Gasteiger charge is 2.31. The molecule has 1 aliphatic heterocycles. The molecule has 2 aromatic rings. The number of ether oxygens (including phenoxy) is 1.